The van der Waals surface area contributed by atoms with Gasteiger partial charge < -0.3 is 15.6 Å². The Balaban J connectivity index is 1.82. The minimum absolute atomic E-state index is 0.0269. The summed E-state index contributed by atoms with van der Waals surface area (Å²) in [4.78, 5) is 15.8. The number of nitrogens with two attached hydrogens (primary N) is 1. The second kappa shape index (κ2) is 7.65. The Kier molecular flexibility index (Phi) is 5.60. The molecule has 1 heterocycles. The number of amides is 1. The second-order valence-electron chi connectivity index (χ2n) is 5.08. The van der Waals surface area contributed by atoms with Crippen LogP contribution in [0, 0.1) is 5.82 Å². The van der Waals surface area contributed by atoms with Gasteiger partial charge in [0.2, 0.25) is 17.6 Å². The number of nitrogens with zero attached hydrogens (tertiary/aromatic N) is 2. The first-order valence-electron chi connectivity index (χ1n) is 7.16. The van der Waals surface area contributed by atoms with E-state index in [2.05, 4.69) is 15.5 Å². The third-order valence-corrected chi connectivity index (χ3v) is 3.13. The highest BCUT2D eigenvalue weighted by atomic mass is 19.1. The molecule has 1 atom stereocenters. The van der Waals surface area contributed by atoms with Crippen molar-refractivity contribution in [3.05, 3.63) is 36.0 Å². The molecular weight excluding hydrogens is 287 g/mol. The number of aromatic nitrogens is 2. The highest BCUT2D eigenvalue weighted by Gasteiger charge is 2.10. The van der Waals surface area contributed by atoms with E-state index >= 15 is 0 Å². The lowest BCUT2D eigenvalue weighted by atomic mass is 10.2. The number of nitrogens with one attached hydrogen (secondary N) is 1. The maximum Gasteiger partial charge on any atom is 0.226 e. The van der Waals surface area contributed by atoms with E-state index in [-0.39, 0.29) is 17.8 Å². The van der Waals surface area contributed by atoms with E-state index in [0.29, 0.717) is 43.1 Å². The molecule has 118 valence electrons. The smallest absolute Gasteiger partial charge is 0.226 e. The number of hydrogen-bond acceptors (Lipinski definition) is 5. The van der Waals surface area contributed by atoms with Crippen LogP contribution in [0.4, 0.5) is 4.39 Å². The van der Waals surface area contributed by atoms with Crippen LogP contribution >= 0.6 is 0 Å². The maximum absolute atomic E-state index is 12.9. The number of hydrogen-bond donors (Lipinski definition) is 2. The van der Waals surface area contributed by atoms with E-state index in [1.165, 1.54) is 12.1 Å². The number of benzene rings is 1. The van der Waals surface area contributed by atoms with Crippen molar-refractivity contribution in [3.63, 3.8) is 0 Å². The van der Waals surface area contributed by atoms with Crippen LogP contribution in [0.1, 0.15) is 25.7 Å². The number of carbonyl (C=O) groups excluding carboxylic acids is 1. The van der Waals surface area contributed by atoms with Crippen LogP contribution in [0.25, 0.3) is 11.4 Å². The Labute approximate surface area is 127 Å². The molecule has 0 aliphatic rings. The fourth-order valence-electron chi connectivity index (χ4n) is 1.88. The minimum atomic E-state index is -0.315. The van der Waals surface area contributed by atoms with Crippen molar-refractivity contribution in [1.82, 2.24) is 15.5 Å². The van der Waals surface area contributed by atoms with Gasteiger partial charge in [0.25, 0.3) is 0 Å². The molecule has 2 aromatic rings. The van der Waals surface area contributed by atoms with E-state index in [0.717, 1.165) is 0 Å². The molecular formula is C15H19FN4O2. The lowest BCUT2D eigenvalue weighted by Gasteiger charge is -2.10. The summed E-state index contributed by atoms with van der Waals surface area (Å²) in [5, 5.41) is 6.64. The quantitative estimate of drug-likeness (QED) is 0.811. The second-order valence-corrected chi connectivity index (χ2v) is 5.08. The molecule has 0 fully saturated rings. The first-order valence-corrected chi connectivity index (χ1v) is 7.16. The lowest BCUT2D eigenvalue weighted by molar-refractivity contribution is -0.121. The van der Waals surface area contributed by atoms with Crippen molar-refractivity contribution in [2.75, 3.05) is 6.54 Å². The normalized spacial score (nSPS) is 12.1. The molecule has 0 radical (unpaired) electrons. The highest BCUT2D eigenvalue weighted by Crippen LogP contribution is 2.16. The summed E-state index contributed by atoms with van der Waals surface area (Å²) in [5.74, 6) is 0.511. The molecule has 0 aliphatic heterocycles. The molecule has 3 N–H and O–H groups in total. The van der Waals surface area contributed by atoms with Gasteiger partial charge >= 0.3 is 0 Å². The van der Waals surface area contributed by atoms with Gasteiger partial charge in [-0.3, -0.25) is 4.79 Å². The van der Waals surface area contributed by atoms with E-state index in [1.54, 1.807) is 12.1 Å². The average Bonchev–Trinajstić information content (AvgIpc) is 2.96. The molecule has 1 aromatic carbocycles. The molecule has 2 rings (SSSR count). The Morgan fingerprint density at radius 1 is 1.41 bits per heavy atom. The van der Waals surface area contributed by atoms with Crippen LogP contribution in [0.2, 0.25) is 0 Å². The Bertz CT molecular complexity index is 612. The van der Waals surface area contributed by atoms with E-state index in [1.807, 2.05) is 6.92 Å². The summed E-state index contributed by atoms with van der Waals surface area (Å²) in [5.41, 5.74) is 6.12. The fraction of sp³-hybridized carbons (Fsp3) is 0.400. The molecule has 1 amide bonds. The number of halogens is 1. The van der Waals surface area contributed by atoms with Crippen molar-refractivity contribution in [2.24, 2.45) is 5.73 Å². The zero-order valence-electron chi connectivity index (χ0n) is 12.4. The maximum atomic E-state index is 12.9. The minimum Gasteiger partial charge on any atom is -0.352 e. The Morgan fingerprint density at radius 2 is 2.14 bits per heavy atom. The molecule has 7 heteroatoms. The molecule has 0 saturated carbocycles. The van der Waals surface area contributed by atoms with Gasteiger partial charge in [-0.2, -0.15) is 4.98 Å². The standard InChI is InChI=1S/C15H19FN4O2/c1-10(9-17)18-13(21)3-2-4-14-19-15(20-22-14)11-5-7-12(16)8-6-11/h5-8,10H,2-4,9,17H2,1H3,(H,18,21)/t10-/m0/s1. The van der Waals surface area contributed by atoms with Crippen molar-refractivity contribution in [1.29, 1.82) is 0 Å². The van der Waals surface area contributed by atoms with E-state index in [4.69, 9.17) is 10.3 Å². The van der Waals surface area contributed by atoms with Crippen LogP contribution in [-0.2, 0) is 11.2 Å². The molecule has 0 unspecified atom stereocenters. The van der Waals surface area contributed by atoms with Gasteiger partial charge in [-0.15, -0.1) is 0 Å². The average molecular weight is 306 g/mol. The predicted molar refractivity (Wildman–Crippen MR) is 79.3 cm³/mol. The molecule has 6 nitrogen and oxygen atoms in total. The topological polar surface area (TPSA) is 94.0 Å². The van der Waals surface area contributed by atoms with Gasteiger partial charge in [-0.05, 0) is 37.6 Å². The molecule has 22 heavy (non-hydrogen) atoms. The first kappa shape index (κ1) is 16.1. The third-order valence-electron chi connectivity index (χ3n) is 3.13. The predicted octanol–water partition coefficient (Wildman–Crippen LogP) is 1.66. The van der Waals surface area contributed by atoms with Crippen LogP contribution in [0.15, 0.2) is 28.8 Å². The summed E-state index contributed by atoms with van der Waals surface area (Å²) in [6.45, 7) is 2.27. The first-order chi connectivity index (χ1) is 10.6. The number of aryl methyl sites for hydroxylation is 1. The monoisotopic (exact) mass is 306 g/mol. The van der Waals surface area contributed by atoms with Gasteiger partial charge in [-0.25, -0.2) is 4.39 Å². The summed E-state index contributed by atoms with van der Waals surface area (Å²) in [7, 11) is 0. The number of rotatable bonds is 7. The van der Waals surface area contributed by atoms with Crippen LogP contribution < -0.4 is 11.1 Å². The summed E-state index contributed by atoms with van der Waals surface area (Å²) in [6, 6.07) is 5.83. The van der Waals surface area contributed by atoms with Crippen molar-refractivity contribution < 1.29 is 13.7 Å². The Hall–Kier alpha value is -2.28. The van der Waals surface area contributed by atoms with Crippen LogP contribution in [0.5, 0.6) is 0 Å². The lowest BCUT2D eigenvalue weighted by Crippen LogP contribution is -2.37. The van der Waals surface area contributed by atoms with Crippen molar-refractivity contribution >= 4 is 5.91 Å². The van der Waals surface area contributed by atoms with Gasteiger partial charge in [0.05, 0.1) is 0 Å². The SMILES string of the molecule is C[C@@H](CN)NC(=O)CCCc1nc(-c2ccc(F)cc2)no1. The zero-order chi connectivity index (χ0) is 15.9. The Morgan fingerprint density at radius 3 is 2.82 bits per heavy atom. The fourth-order valence-corrected chi connectivity index (χ4v) is 1.88. The molecule has 1 aromatic heterocycles. The molecule has 0 bridgehead atoms. The third kappa shape index (κ3) is 4.63. The van der Waals surface area contributed by atoms with Gasteiger partial charge in [0.15, 0.2) is 0 Å². The van der Waals surface area contributed by atoms with Crippen molar-refractivity contribution in [2.45, 2.75) is 32.2 Å². The molecule has 0 saturated heterocycles. The van der Waals surface area contributed by atoms with Crippen LogP contribution in [0.3, 0.4) is 0 Å². The highest BCUT2D eigenvalue weighted by molar-refractivity contribution is 5.76. The number of carbonyl (C=O) groups is 1. The van der Waals surface area contributed by atoms with E-state index in [9.17, 15) is 9.18 Å². The largest absolute Gasteiger partial charge is 0.352 e. The van der Waals surface area contributed by atoms with Crippen LogP contribution in [-0.4, -0.2) is 28.6 Å². The summed E-state index contributed by atoms with van der Waals surface area (Å²) >= 11 is 0. The summed E-state index contributed by atoms with van der Waals surface area (Å²) < 4.78 is 18.0. The zero-order valence-corrected chi connectivity index (χ0v) is 12.4. The van der Waals surface area contributed by atoms with Gasteiger partial charge in [-0.1, -0.05) is 5.16 Å². The summed E-state index contributed by atoms with van der Waals surface area (Å²) in [6.07, 6.45) is 1.49. The van der Waals surface area contributed by atoms with Crippen molar-refractivity contribution in [3.8, 4) is 11.4 Å². The molecule has 0 aliphatic carbocycles. The van der Waals surface area contributed by atoms with Gasteiger partial charge in [0.1, 0.15) is 5.82 Å². The van der Waals surface area contributed by atoms with Gasteiger partial charge in [0, 0.05) is 31.0 Å². The van der Waals surface area contributed by atoms with E-state index < -0.39 is 0 Å². The molecule has 0 spiro atoms.